The van der Waals surface area contributed by atoms with Crippen molar-refractivity contribution in [2.45, 2.75) is 25.7 Å². The fraction of sp³-hybridized carbons (Fsp3) is 0.444. The molecule has 2 N–H and O–H groups in total. The van der Waals surface area contributed by atoms with Crippen molar-refractivity contribution < 1.29 is 0 Å². The molecular weight excluding hydrogens is 136 g/mol. The molecule has 1 aromatic heterocycles. The zero-order valence-electron chi connectivity index (χ0n) is 6.67. The van der Waals surface area contributed by atoms with Crippen molar-refractivity contribution in [3.63, 3.8) is 0 Å². The fourth-order valence-electron chi connectivity index (χ4n) is 1.39. The number of nitrogen functional groups attached to an aromatic ring is 1. The molecule has 1 heterocycles. The lowest BCUT2D eigenvalue weighted by molar-refractivity contribution is 0.998. The van der Waals surface area contributed by atoms with E-state index in [9.17, 15) is 0 Å². The van der Waals surface area contributed by atoms with Gasteiger partial charge in [0.1, 0.15) is 0 Å². The molecule has 0 spiro atoms. The fourth-order valence-corrected chi connectivity index (χ4v) is 1.39. The third-order valence-corrected chi connectivity index (χ3v) is 2.10. The lowest BCUT2D eigenvalue weighted by atomic mass is 10.1. The van der Waals surface area contributed by atoms with Crippen LogP contribution in [0.15, 0.2) is 12.3 Å². The number of hydrogen-bond acceptors (Lipinski definition) is 2. The average molecular weight is 148 g/mol. The van der Waals surface area contributed by atoms with Gasteiger partial charge in [0.25, 0.3) is 0 Å². The van der Waals surface area contributed by atoms with Gasteiger partial charge in [-0.05, 0) is 31.4 Å². The van der Waals surface area contributed by atoms with Gasteiger partial charge in [-0.2, -0.15) is 0 Å². The van der Waals surface area contributed by atoms with Gasteiger partial charge in [-0.25, -0.2) is 0 Å². The second-order valence-electron chi connectivity index (χ2n) is 3.25. The highest BCUT2D eigenvalue weighted by atomic mass is 14.7. The summed E-state index contributed by atoms with van der Waals surface area (Å²) in [6, 6.07) is 2.00. The molecule has 0 unspecified atom stereocenters. The smallest absolute Gasteiger partial charge is 0.0503 e. The van der Waals surface area contributed by atoms with E-state index in [0.717, 1.165) is 11.6 Å². The van der Waals surface area contributed by atoms with Crippen LogP contribution in [0.2, 0.25) is 0 Å². The van der Waals surface area contributed by atoms with E-state index in [1.54, 1.807) is 6.20 Å². The van der Waals surface area contributed by atoms with E-state index in [1.165, 1.54) is 24.1 Å². The van der Waals surface area contributed by atoms with Crippen LogP contribution in [-0.4, -0.2) is 4.98 Å². The minimum absolute atomic E-state index is 0.732. The van der Waals surface area contributed by atoms with Crippen LogP contribution in [0.25, 0.3) is 0 Å². The Balaban J connectivity index is 2.39. The summed E-state index contributed by atoms with van der Waals surface area (Å²) < 4.78 is 0. The third kappa shape index (κ3) is 1.20. The third-order valence-electron chi connectivity index (χ3n) is 2.10. The lowest BCUT2D eigenvalue weighted by Gasteiger charge is -2.02. The monoisotopic (exact) mass is 148 g/mol. The van der Waals surface area contributed by atoms with Gasteiger partial charge in [-0.3, -0.25) is 4.98 Å². The quantitative estimate of drug-likeness (QED) is 0.660. The number of aryl methyl sites for hydroxylation is 1. The van der Waals surface area contributed by atoms with Crippen LogP contribution < -0.4 is 5.73 Å². The molecule has 58 valence electrons. The van der Waals surface area contributed by atoms with Gasteiger partial charge >= 0.3 is 0 Å². The summed E-state index contributed by atoms with van der Waals surface area (Å²) in [5, 5.41) is 0. The molecule has 2 nitrogen and oxygen atoms in total. The van der Waals surface area contributed by atoms with Gasteiger partial charge in [0.2, 0.25) is 0 Å². The van der Waals surface area contributed by atoms with Crippen LogP contribution in [0.3, 0.4) is 0 Å². The Morgan fingerprint density at radius 2 is 2.27 bits per heavy atom. The molecule has 1 saturated carbocycles. The van der Waals surface area contributed by atoms with Crippen LogP contribution in [0, 0.1) is 6.92 Å². The maximum atomic E-state index is 5.59. The number of aromatic nitrogens is 1. The predicted octanol–water partition coefficient (Wildman–Crippen LogP) is 1.85. The molecule has 1 aliphatic rings. The number of rotatable bonds is 1. The summed E-state index contributed by atoms with van der Waals surface area (Å²) in [5.41, 5.74) is 8.85. The number of nitrogens with zero attached hydrogens (tertiary/aromatic N) is 1. The van der Waals surface area contributed by atoms with E-state index in [1.807, 2.05) is 6.07 Å². The van der Waals surface area contributed by atoms with Crippen molar-refractivity contribution in [2.24, 2.45) is 0 Å². The Bertz CT molecular complexity index is 277. The SMILES string of the molecule is Cc1cc(N)cnc1C1CC1. The summed E-state index contributed by atoms with van der Waals surface area (Å²) in [5.74, 6) is 0.732. The number of hydrogen-bond donors (Lipinski definition) is 1. The summed E-state index contributed by atoms with van der Waals surface area (Å²) in [6.07, 6.45) is 4.36. The van der Waals surface area contributed by atoms with Crippen LogP contribution in [0.1, 0.15) is 30.0 Å². The van der Waals surface area contributed by atoms with Gasteiger partial charge in [0, 0.05) is 11.6 Å². The number of anilines is 1. The van der Waals surface area contributed by atoms with Gasteiger partial charge in [0.15, 0.2) is 0 Å². The number of pyridine rings is 1. The van der Waals surface area contributed by atoms with E-state index in [2.05, 4.69) is 11.9 Å². The zero-order valence-corrected chi connectivity index (χ0v) is 6.67. The van der Waals surface area contributed by atoms with Crippen LogP contribution in [0.4, 0.5) is 5.69 Å². The molecule has 0 radical (unpaired) electrons. The van der Waals surface area contributed by atoms with Crippen LogP contribution >= 0.6 is 0 Å². The average Bonchev–Trinajstić information content (AvgIpc) is 2.70. The molecule has 1 aromatic rings. The Labute approximate surface area is 66.4 Å². The summed E-state index contributed by atoms with van der Waals surface area (Å²) >= 11 is 0. The van der Waals surface area contributed by atoms with E-state index in [4.69, 9.17) is 5.73 Å². The largest absolute Gasteiger partial charge is 0.397 e. The number of nitrogens with two attached hydrogens (primary N) is 1. The van der Waals surface area contributed by atoms with Gasteiger partial charge < -0.3 is 5.73 Å². The van der Waals surface area contributed by atoms with E-state index in [0.29, 0.717) is 0 Å². The molecular formula is C9H12N2. The normalized spacial score (nSPS) is 16.8. The first-order valence-corrected chi connectivity index (χ1v) is 3.99. The first-order valence-electron chi connectivity index (χ1n) is 3.99. The highest BCUT2D eigenvalue weighted by molar-refractivity contribution is 5.41. The standard InChI is InChI=1S/C9H12N2/c1-6-4-8(10)5-11-9(6)7-2-3-7/h4-5,7H,2-3,10H2,1H3. The van der Waals surface area contributed by atoms with Crippen LogP contribution in [-0.2, 0) is 0 Å². The van der Waals surface area contributed by atoms with Crippen molar-refractivity contribution >= 4 is 5.69 Å². The zero-order chi connectivity index (χ0) is 7.84. The Kier molecular flexibility index (Phi) is 1.34. The Morgan fingerprint density at radius 1 is 1.55 bits per heavy atom. The second-order valence-corrected chi connectivity index (χ2v) is 3.25. The maximum Gasteiger partial charge on any atom is 0.0503 e. The van der Waals surface area contributed by atoms with E-state index < -0.39 is 0 Å². The highest BCUT2D eigenvalue weighted by Crippen LogP contribution is 2.40. The van der Waals surface area contributed by atoms with Crippen LogP contribution in [0.5, 0.6) is 0 Å². The molecule has 0 aromatic carbocycles. The topological polar surface area (TPSA) is 38.9 Å². The molecule has 0 bridgehead atoms. The molecule has 2 rings (SSSR count). The molecule has 1 fully saturated rings. The molecule has 11 heavy (non-hydrogen) atoms. The minimum atomic E-state index is 0.732. The maximum absolute atomic E-state index is 5.59. The summed E-state index contributed by atoms with van der Waals surface area (Å²) in [7, 11) is 0. The Morgan fingerprint density at radius 3 is 2.82 bits per heavy atom. The molecule has 2 heteroatoms. The Hall–Kier alpha value is -1.05. The van der Waals surface area contributed by atoms with Crippen molar-refractivity contribution in [2.75, 3.05) is 5.73 Å². The van der Waals surface area contributed by atoms with E-state index >= 15 is 0 Å². The van der Waals surface area contributed by atoms with Gasteiger partial charge in [0.05, 0.1) is 11.9 Å². The highest BCUT2D eigenvalue weighted by Gasteiger charge is 2.26. The van der Waals surface area contributed by atoms with Crippen molar-refractivity contribution in [1.29, 1.82) is 0 Å². The molecule has 0 atom stereocenters. The second kappa shape index (κ2) is 2.22. The van der Waals surface area contributed by atoms with Gasteiger partial charge in [-0.1, -0.05) is 0 Å². The first-order chi connectivity index (χ1) is 5.27. The summed E-state index contributed by atoms with van der Waals surface area (Å²) in [4.78, 5) is 4.31. The minimum Gasteiger partial charge on any atom is -0.397 e. The molecule has 1 aliphatic carbocycles. The lowest BCUT2D eigenvalue weighted by Crippen LogP contribution is -1.94. The summed E-state index contributed by atoms with van der Waals surface area (Å²) in [6.45, 7) is 2.08. The molecule has 0 saturated heterocycles. The van der Waals surface area contributed by atoms with Crippen molar-refractivity contribution in [3.8, 4) is 0 Å². The molecule has 0 amide bonds. The van der Waals surface area contributed by atoms with E-state index in [-0.39, 0.29) is 0 Å². The first kappa shape index (κ1) is 6.65. The molecule has 0 aliphatic heterocycles. The van der Waals surface area contributed by atoms with Crippen molar-refractivity contribution in [1.82, 2.24) is 4.98 Å². The van der Waals surface area contributed by atoms with Crippen molar-refractivity contribution in [3.05, 3.63) is 23.5 Å². The van der Waals surface area contributed by atoms with Gasteiger partial charge in [-0.15, -0.1) is 0 Å². The predicted molar refractivity (Wildman–Crippen MR) is 45.4 cm³/mol.